The van der Waals surface area contributed by atoms with E-state index in [1.807, 2.05) is 0 Å². The second-order valence-corrected chi connectivity index (χ2v) is 5.44. The summed E-state index contributed by atoms with van der Waals surface area (Å²) in [7, 11) is -2.68. The second kappa shape index (κ2) is 7.33. The molecule has 1 rings (SSSR count). The first-order chi connectivity index (χ1) is 9.46. The number of esters is 1. The zero-order valence-electron chi connectivity index (χ0n) is 11.1. The quantitative estimate of drug-likeness (QED) is 0.518. The standard InChI is InChI=1S/C10H17N3O6S/c1-3-19-10(15)8-4-11-12-9(8)20(16,17)13-7(5-14)6-18-2/h4,7,13-14H,3,5-6H2,1-2H3,(H,11,12). The highest BCUT2D eigenvalue weighted by atomic mass is 32.2. The molecule has 0 amide bonds. The lowest BCUT2D eigenvalue weighted by Gasteiger charge is -2.15. The fourth-order valence-electron chi connectivity index (χ4n) is 1.44. The molecule has 1 heterocycles. The van der Waals surface area contributed by atoms with Gasteiger partial charge < -0.3 is 14.6 Å². The van der Waals surface area contributed by atoms with Gasteiger partial charge in [0.05, 0.1) is 32.1 Å². The number of carbonyl (C=O) groups is 1. The van der Waals surface area contributed by atoms with E-state index in [-0.39, 0.29) is 18.8 Å². The van der Waals surface area contributed by atoms with Crippen LogP contribution in [-0.2, 0) is 19.5 Å². The number of hydrogen-bond donors (Lipinski definition) is 3. The van der Waals surface area contributed by atoms with Crippen LogP contribution in [-0.4, -0.2) is 62.7 Å². The Morgan fingerprint density at radius 3 is 2.85 bits per heavy atom. The predicted molar refractivity (Wildman–Crippen MR) is 67.6 cm³/mol. The minimum absolute atomic E-state index is 0.0153. The Morgan fingerprint density at radius 2 is 2.30 bits per heavy atom. The van der Waals surface area contributed by atoms with Crippen LogP contribution in [0.2, 0.25) is 0 Å². The molecule has 1 aromatic rings. The van der Waals surface area contributed by atoms with Crippen molar-refractivity contribution in [1.29, 1.82) is 0 Å². The SMILES string of the molecule is CCOC(=O)c1cn[nH]c1S(=O)(=O)NC(CO)COC. The van der Waals surface area contributed by atoms with Gasteiger partial charge >= 0.3 is 5.97 Å². The Bertz CT molecular complexity index is 541. The number of aliphatic hydroxyl groups excluding tert-OH is 1. The van der Waals surface area contributed by atoms with E-state index < -0.39 is 33.7 Å². The second-order valence-electron chi connectivity index (χ2n) is 3.79. The summed E-state index contributed by atoms with van der Waals surface area (Å²) in [5.41, 5.74) is -0.201. The molecular weight excluding hydrogens is 290 g/mol. The van der Waals surface area contributed by atoms with Gasteiger partial charge in [-0.2, -0.15) is 5.10 Å². The van der Waals surface area contributed by atoms with Crippen LogP contribution in [0.5, 0.6) is 0 Å². The van der Waals surface area contributed by atoms with E-state index in [0.29, 0.717) is 0 Å². The number of carbonyl (C=O) groups excluding carboxylic acids is 1. The zero-order valence-corrected chi connectivity index (χ0v) is 11.9. The van der Waals surface area contributed by atoms with E-state index in [1.54, 1.807) is 6.92 Å². The van der Waals surface area contributed by atoms with Gasteiger partial charge in [0.15, 0.2) is 5.03 Å². The van der Waals surface area contributed by atoms with Gasteiger partial charge in [-0.3, -0.25) is 5.10 Å². The maximum Gasteiger partial charge on any atom is 0.342 e. The summed E-state index contributed by atoms with van der Waals surface area (Å²) in [4.78, 5) is 11.6. The van der Waals surface area contributed by atoms with Crippen LogP contribution in [0.3, 0.4) is 0 Å². The average molecular weight is 307 g/mol. The van der Waals surface area contributed by atoms with Gasteiger partial charge in [0, 0.05) is 7.11 Å². The van der Waals surface area contributed by atoms with E-state index in [0.717, 1.165) is 6.20 Å². The molecule has 9 nitrogen and oxygen atoms in total. The molecule has 0 aliphatic rings. The number of H-pyrrole nitrogens is 1. The number of nitrogens with zero attached hydrogens (tertiary/aromatic N) is 1. The fourth-order valence-corrected chi connectivity index (χ4v) is 2.73. The number of hydrogen-bond acceptors (Lipinski definition) is 7. The van der Waals surface area contributed by atoms with E-state index in [2.05, 4.69) is 14.9 Å². The number of aromatic nitrogens is 2. The van der Waals surface area contributed by atoms with E-state index in [1.165, 1.54) is 7.11 Å². The van der Waals surface area contributed by atoms with Crippen molar-refractivity contribution in [3.8, 4) is 0 Å². The third-order valence-electron chi connectivity index (χ3n) is 2.28. The lowest BCUT2D eigenvalue weighted by Crippen LogP contribution is -2.41. The lowest BCUT2D eigenvalue weighted by molar-refractivity contribution is 0.0522. The zero-order chi connectivity index (χ0) is 15.2. The van der Waals surface area contributed by atoms with Crippen molar-refractivity contribution >= 4 is 16.0 Å². The van der Waals surface area contributed by atoms with E-state index >= 15 is 0 Å². The number of methoxy groups -OCH3 is 1. The van der Waals surface area contributed by atoms with Gasteiger partial charge in [-0.15, -0.1) is 0 Å². The van der Waals surface area contributed by atoms with Gasteiger partial charge in [-0.1, -0.05) is 0 Å². The first-order valence-corrected chi connectivity index (χ1v) is 7.27. The lowest BCUT2D eigenvalue weighted by atomic mass is 10.4. The molecule has 0 aliphatic carbocycles. The van der Waals surface area contributed by atoms with Crippen LogP contribution in [0.4, 0.5) is 0 Å². The number of aromatic amines is 1. The highest BCUT2D eigenvalue weighted by Gasteiger charge is 2.28. The molecule has 0 saturated carbocycles. The van der Waals surface area contributed by atoms with Crippen LogP contribution >= 0.6 is 0 Å². The molecule has 20 heavy (non-hydrogen) atoms. The van der Waals surface area contributed by atoms with Crippen LogP contribution < -0.4 is 4.72 Å². The molecular formula is C10H17N3O6S. The first-order valence-electron chi connectivity index (χ1n) is 5.78. The van der Waals surface area contributed by atoms with Crippen LogP contribution in [0.25, 0.3) is 0 Å². The number of sulfonamides is 1. The number of nitrogens with one attached hydrogen (secondary N) is 2. The maximum atomic E-state index is 12.1. The van der Waals surface area contributed by atoms with Crippen LogP contribution in [0.15, 0.2) is 11.2 Å². The highest BCUT2D eigenvalue weighted by Crippen LogP contribution is 2.13. The summed E-state index contributed by atoms with van der Waals surface area (Å²) < 4.78 is 35.9. The molecule has 3 N–H and O–H groups in total. The fraction of sp³-hybridized carbons (Fsp3) is 0.600. The van der Waals surface area contributed by atoms with Gasteiger partial charge in [-0.05, 0) is 6.92 Å². The normalized spacial score (nSPS) is 13.2. The Morgan fingerprint density at radius 1 is 1.60 bits per heavy atom. The molecule has 1 unspecified atom stereocenters. The molecule has 0 spiro atoms. The van der Waals surface area contributed by atoms with Crippen LogP contribution in [0.1, 0.15) is 17.3 Å². The molecule has 0 fully saturated rings. The van der Waals surface area contributed by atoms with Gasteiger partial charge in [0.25, 0.3) is 10.0 Å². The molecule has 114 valence electrons. The molecule has 0 aromatic carbocycles. The number of rotatable bonds is 8. The third kappa shape index (κ3) is 4.00. The number of aliphatic hydroxyl groups is 1. The third-order valence-corrected chi connectivity index (χ3v) is 3.77. The van der Waals surface area contributed by atoms with Crippen molar-refractivity contribution in [3.63, 3.8) is 0 Å². The first kappa shape index (κ1) is 16.6. The van der Waals surface area contributed by atoms with Crippen molar-refractivity contribution in [2.75, 3.05) is 26.9 Å². The smallest absolute Gasteiger partial charge is 0.342 e. The topological polar surface area (TPSA) is 131 Å². The Kier molecular flexibility index (Phi) is 6.07. The highest BCUT2D eigenvalue weighted by molar-refractivity contribution is 7.89. The summed E-state index contributed by atoms with van der Waals surface area (Å²) >= 11 is 0. The minimum atomic E-state index is -4.05. The van der Waals surface area contributed by atoms with E-state index in [4.69, 9.17) is 14.6 Å². The molecule has 0 saturated heterocycles. The molecule has 0 aliphatic heterocycles. The molecule has 0 radical (unpaired) electrons. The molecule has 0 bridgehead atoms. The largest absolute Gasteiger partial charge is 0.462 e. The summed E-state index contributed by atoms with van der Waals surface area (Å²) in [5.74, 6) is -0.797. The van der Waals surface area contributed by atoms with Crippen molar-refractivity contribution in [3.05, 3.63) is 11.8 Å². The minimum Gasteiger partial charge on any atom is -0.462 e. The summed E-state index contributed by atoms with van der Waals surface area (Å²) in [6, 6.07) is -0.830. The average Bonchev–Trinajstić information content (AvgIpc) is 2.88. The molecule has 1 atom stereocenters. The van der Waals surface area contributed by atoms with Crippen LogP contribution in [0, 0.1) is 0 Å². The van der Waals surface area contributed by atoms with Gasteiger partial charge in [0.1, 0.15) is 5.56 Å². The summed E-state index contributed by atoms with van der Waals surface area (Å²) in [6.07, 6.45) is 1.07. The Hall–Kier alpha value is -1.49. The summed E-state index contributed by atoms with van der Waals surface area (Å²) in [6.45, 7) is 1.25. The van der Waals surface area contributed by atoms with Gasteiger partial charge in [0.2, 0.25) is 0 Å². The molecule has 10 heteroatoms. The van der Waals surface area contributed by atoms with Crippen molar-refractivity contribution in [2.45, 2.75) is 18.0 Å². The summed E-state index contributed by atoms with van der Waals surface area (Å²) in [5, 5.41) is 14.4. The van der Waals surface area contributed by atoms with Crippen molar-refractivity contribution in [2.24, 2.45) is 0 Å². The maximum absolute atomic E-state index is 12.1. The predicted octanol–water partition coefficient (Wildman–Crippen LogP) is -1.13. The monoisotopic (exact) mass is 307 g/mol. The van der Waals surface area contributed by atoms with Crippen molar-refractivity contribution < 1.29 is 27.8 Å². The molecule has 1 aromatic heterocycles. The van der Waals surface area contributed by atoms with E-state index in [9.17, 15) is 13.2 Å². The van der Waals surface area contributed by atoms with Gasteiger partial charge in [-0.25, -0.2) is 17.9 Å². The van der Waals surface area contributed by atoms with Crippen molar-refractivity contribution in [1.82, 2.24) is 14.9 Å². The Labute approximate surface area is 116 Å². The number of ether oxygens (including phenoxy) is 2. The Balaban J connectivity index is 2.98.